The standard InChI is InChI=1S/C26H28N2O3S2/c1-4-15-27(33(30,31)22-11-7-20(3)8-12-22)18-25(29)28-16-13-24-23(14-17-32-24)26(28)21-9-5-19(2)6-10-21/h4-12,14,17,26H,1,13,15-16,18H2,2-3H3. The Morgan fingerprint density at radius 1 is 1.09 bits per heavy atom. The molecule has 0 N–H and O–H groups in total. The van der Waals surface area contributed by atoms with E-state index in [1.807, 2.05) is 30.9 Å². The lowest BCUT2D eigenvalue weighted by atomic mass is 9.92. The molecule has 3 aromatic rings. The van der Waals surface area contributed by atoms with Crippen LogP contribution in [0.2, 0.25) is 0 Å². The number of fused-ring (bicyclic) bond motifs is 1. The van der Waals surface area contributed by atoms with E-state index in [4.69, 9.17) is 0 Å². The van der Waals surface area contributed by atoms with E-state index in [-0.39, 0.29) is 29.9 Å². The number of sulfonamides is 1. The third-order valence-electron chi connectivity index (χ3n) is 5.98. The SMILES string of the molecule is C=CCN(CC(=O)N1CCc2sccc2C1c1ccc(C)cc1)S(=O)(=O)c1ccc(C)cc1. The Morgan fingerprint density at radius 2 is 1.73 bits per heavy atom. The lowest BCUT2D eigenvalue weighted by molar-refractivity contribution is -0.133. The molecule has 4 rings (SSSR count). The molecule has 0 saturated heterocycles. The fraction of sp³-hybridized carbons (Fsp3) is 0.269. The van der Waals surface area contributed by atoms with Gasteiger partial charge in [0.15, 0.2) is 0 Å². The maximum atomic E-state index is 13.6. The second-order valence-corrected chi connectivity index (χ2v) is 11.3. The number of benzene rings is 2. The molecule has 0 spiro atoms. The van der Waals surface area contributed by atoms with E-state index in [1.54, 1.807) is 35.6 Å². The maximum absolute atomic E-state index is 13.6. The molecule has 1 amide bonds. The quantitative estimate of drug-likeness (QED) is 0.460. The van der Waals surface area contributed by atoms with Crippen LogP contribution >= 0.6 is 11.3 Å². The van der Waals surface area contributed by atoms with Gasteiger partial charge in [0.25, 0.3) is 0 Å². The number of amides is 1. The lowest BCUT2D eigenvalue weighted by Crippen LogP contribution is -2.46. The van der Waals surface area contributed by atoms with Gasteiger partial charge in [-0.3, -0.25) is 4.79 Å². The third kappa shape index (κ3) is 4.81. The van der Waals surface area contributed by atoms with Crippen molar-refractivity contribution >= 4 is 27.3 Å². The largest absolute Gasteiger partial charge is 0.330 e. The minimum Gasteiger partial charge on any atom is -0.330 e. The van der Waals surface area contributed by atoms with Gasteiger partial charge in [-0.2, -0.15) is 4.31 Å². The fourth-order valence-electron chi connectivity index (χ4n) is 4.19. The van der Waals surface area contributed by atoms with Crippen LogP contribution in [0.4, 0.5) is 0 Å². The Kier molecular flexibility index (Phi) is 6.83. The highest BCUT2D eigenvalue weighted by atomic mass is 32.2. The van der Waals surface area contributed by atoms with E-state index in [0.717, 1.165) is 28.7 Å². The third-order valence-corrected chi connectivity index (χ3v) is 8.80. The highest BCUT2D eigenvalue weighted by Crippen LogP contribution is 2.38. The number of hydrogen-bond acceptors (Lipinski definition) is 4. The number of nitrogens with zero attached hydrogens (tertiary/aromatic N) is 2. The van der Waals surface area contributed by atoms with E-state index in [9.17, 15) is 13.2 Å². The van der Waals surface area contributed by atoms with Crippen molar-refractivity contribution in [1.29, 1.82) is 0 Å². The molecule has 5 nitrogen and oxygen atoms in total. The average molecular weight is 481 g/mol. The minimum absolute atomic E-state index is 0.0642. The smallest absolute Gasteiger partial charge is 0.243 e. The molecule has 33 heavy (non-hydrogen) atoms. The van der Waals surface area contributed by atoms with Gasteiger partial charge in [0.05, 0.1) is 17.5 Å². The summed E-state index contributed by atoms with van der Waals surface area (Å²) in [5.74, 6) is -0.213. The van der Waals surface area contributed by atoms with Crippen LogP contribution in [0.3, 0.4) is 0 Å². The van der Waals surface area contributed by atoms with Crippen molar-refractivity contribution in [3.8, 4) is 0 Å². The summed E-state index contributed by atoms with van der Waals surface area (Å²) in [4.78, 5) is 16.9. The molecule has 0 fully saturated rings. The molecule has 2 heterocycles. The summed E-state index contributed by atoms with van der Waals surface area (Å²) in [5, 5.41) is 2.06. The van der Waals surface area contributed by atoms with Gasteiger partial charge >= 0.3 is 0 Å². The van der Waals surface area contributed by atoms with Gasteiger partial charge < -0.3 is 4.90 Å². The van der Waals surface area contributed by atoms with Crippen molar-refractivity contribution in [3.05, 3.63) is 99.8 Å². The number of carbonyl (C=O) groups excluding carboxylic acids is 1. The number of hydrogen-bond donors (Lipinski definition) is 0. The molecular formula is C26H28N2O3S2. The van der Waals surface area contributed by atoms with Crippen molar-refractivity contribution in [3.63, 3.8) is 0 Å². The summed E-state index contributed by atoms with van der Waals surface area (Å²) in [6, 6.07) is 16.7. The van der Waals surface area contributed by atoms with Crippen molar-refractivity contribution in [2.75, 3.05) is 19.6 Å². The highest BCUT2D eigenvalue weighted by Gasteiger charge is 2.35. The normalized spacial score (nSPS) is 16.0. The van der Waals surface area contributed by atoms with Gasteiger partial charge in [0.1, 0.15) is 0 Å². The highest BCUT2D eigenvalue weighted by molar-refractivity contribution is 7.89. The van der Waals surface area contributed by atoms with Crippen LogP contribution in [-0.4, -0.2) is 43.2 Å². The second kappa shape index (κ2) is 9.63. The first-order valence-electron chi connectivity index (χ1n) is 10.9. The molecule has 0 bridgehead atoms. The van der Waals surface area contributed by atoms with Gasteiger partial charge in [0, 0.05) is 18.0 Å². The zero-order chi connectivity index (χ0) is 23.6. The van der Waals surface area contributed by atoms with Gasteiger partial charge in [-0.1, -0.05) is 53.6 Å². The van der Waals surface area contributed by atoms with Crippen LogP contribution in [0.15, 0.2) is 77.5 Å². The van der Waals surface area contributed by atoms with Gasteiger partial charge in [-0.25, -0.2) is 8.42 Å². The van der Waals surface area contributed by atoms with E-state index < -0.39 is 10.0 Å². The lowest BCUT2D eigenvalue weighted by Gasteiger charge is -2.37. The Balaban J connectivity index is 1.65. The van der Waals surface area contributed by atoms with Crippen molar-refractivity contribution < 1.29 is 13.2 Å². The van der Waals surface area contributed by atoms with Crippen LogP contribution in [0.5, 0.6) is 0 Å². The van der Waals surface area contributed by atoms with Gasteiger partial charge in [-0.15, -0.1) is 17.9 Å². The summed E-state index contributed by atoms with van der Waals surface area (Å²) < 4.78 is 27.8. The predicted molar refractivity (Wildman–Crippen MR) is 133 cm³/mol. The van der Waals surface area contributed by atoms with Crippen LogP contribution < -0.4 is 0 Å². The first-order valence-corrected chi connectivity index (χ1v) is 13.2. The fourth-order valence-corrected chi connectivity index (χ4v) is 6.45. The Hall–Kier alpha value is -2.74. The molecule has 7 heteroatoms. The zero-order valence-electron chi connectivity index (χ0n) is 18.9. The minimum atomic E-state index is -3.83. The average Bonchev–Trinajstić information content (AvgIpc) is 3.28. The van der Waals surface area contributed by atoms with Crippen molar-refractivity contribution in [2.45, 2.75) is 31.2 Å². The topological polar surface area (TPSA) is 57.7 Å². The predicted octanol–water partition coefficient (Wildman–Crippen LogP) is 4.72. The molecule has 1 aromatic heterocycles. The van der Waals surface area contributed by atoms with E-state index in [2.05, 4.69) is 30.2 Å². The molecular weight excluding hydrogens is 452 g/mol. The molecule has 0 saturated carbocycles. The summed E-state index contributed by atoms with van der Waals surface area (Å²) in [6.45, 7) is 8.03. The monoisotopic (exact) mass is 480 g/mol. The van der Waals surface area contributed by atoms with Crippen LogP contribution in [0.1, 0.15) is 33.2 Å². The number of carbonyl (C=O) groups is 1. The van der Waals surface area contributed by atoms with E-state index >= 15 is 0 Å². The van der Waals surface area contributed by atoms with E-state index in [0.29, 0.717) is 6.54 Å². The maximum Gasteiger partial charge on any atom is 0.243 e. The molecule has 1 aliphatic rings. The molecule has 1 unspecified atom stereocenters. The summed E-state index contributed by atoms with van der Waals surface area (Å²) in [6.07, 6.45) is 2.29. The number of aryl methyl sites for hydroxylation is 2. The molecule has 172 valence electrons. The Bertz CT molecular complexity index is 1250. The Labute approximate surface area is 200 Å². The van der Waals surface area contributed by atoms with Crippen LogP contribution in [0, 0.1) is 13.8 Å². The molecule has 1 aliphatic heterocycles. The first-order chi connectivity index (χ1) is 15.8. The second-order valence-electron chi connectivity index (χ2n) is 8.35. The molecule has 1 atom stereocenters. The van der Waals surface area contributed by atoms with Crippen LogP contribution in [0.25, 0.3) is 0 Å². The first kappa shape index (κ1) is 23.4. The summed E-state index contributed by atoms with van der Waals surface area (Å²) in [5.41, 5.74) is 4.28. The van der Waals surface area contributed by atoms with Crippen molar-refractivity contribution in [2.24, 2.45) is 0 Å². The molecule has 0 radical (unpaired) electrons. The summed E-state index contributed by atoms with van der Waals surface area (Å²) in [7, 11) is -3.83. The molecule has 2 aromatic carbocycles. The summed E-state index contributed by atoms with van der Waals surface area (Å²) >= 11 is 1.71. The van der Waals surface area contributed by atoms with Crippen LogP contribution in [-0.2, 0) is 21.2 Å². The van der Waals surface area contributed by atoms with Gasteiger partial charge in [0.2, 0.25) is 15.9 Å². The van der Waals surface area contributed by atoms with E-state index in [1.165, 1.54) is 15.3 Å². The zero-order valence-corrected chi connectivity index (χ0v) is 20.5. The number of rotatable bonds is 7. The molecule has 0 aliphatic carbocycles. The Morgan fingerprint density at radius 3 is 2.36 bits per heavy atom. The van der Waals surface area contributed by atoms with Gasteiger partial charge in [-0.05, 0) is 55.0 Å². The van der Waals surface area contributed by atoms with Crippen molar-refractivity contribution in [1.82, 2.24) is 9.21 Å². The number of thiophene rings is 1.